The van der Waals surface area contributed by atoms with Crippen molar-refractivity contribution in [2.75, 3.05) is 10.6 Å². The molecule has 3 rings (SSSR count). The lowest BCUT2D eigenvalue weighted by Gasteiger charge is -2.19. The van der Waals surface area contributed by atoms with Gasteiger partial charge in [-0.1, -0.05) is 49.7 Å². The molecule has 0 aliphatic heterocycles. The van der Waals surface area contributed by atoms with Crippen LogP contribution in [-0.4, -0.2) is 9.97 Å². The molecule has 1 atom stereocenters. The molecule has 4 nitrogen and oxygen atoms in total. The second-order valence-electron chi connectivity index (χ2n) is 6.97. The van der Waals surface area contributed by atoms with Gasteiger partial charge in [0.1, 0.15) is 11.4 Å². The fourth-order valence-electron chi connectivity index (χ4n) is 2.90. The zero-order valence-corrected chi connectivity index (χ0v) is 16.5. The highest BCUT2D eigenvalue weighted by Gasteiger charge is 2.35. The van der Waals surface area contributed by atoms with E-state index in [2.05, 4.69) is 20.6 Å². The Hall–Kier alpha value is -3.09. The lowest BCUT2D eigenvalue weighted by atomic mass is 9.97. The Morgan fingerprint density at radius 3 is 2.34 bits per heavy atom. The number of para-hydroxylation sites is 1. The molecule has 2 N–H and O–H groups in total. The van der Waals surface area contributed by atoms with Gasteiger partial charge in [0.05, 0.1) is 0 Å². The molecule has 152 valence electrons. The molecule has 1 heterocycles. The molecule has 29 heavy (non-hydrogen) atoms. The first-order valence-electron chi connectivity index (χ1n) is 9.41. The maximum Gasteiger partial charge on any atom is 0.421 e. The Balaban J connectivity index is 1.98. The third-order valence-electron chi connectivity index (χ3n) is 4.76. The predicted molar refractivity (Wildman–Crippen MR) is 110 cm³/mol. The van der Waals surface area contributed by atoms with Gasteiger partial charge in [0.15, 0.2) is 0 Å². The minimum atomic E-state index is -4.57. The van der Waals surface area contributed by atoms with Gasteiger partial charge in [-0.05, 0) is 43.0 Å². The van der Waals surface area contributed by atoms with E-state index in [4.69, 9.17) is 0 Å². The first-order chi connectivity index (χ1) is 13.8. The number of anilines is 4. The number of rotatable bonds is 6. The summed E-state index contributed by atoms with van der Waals surface area (Å²) in [6.07, 6.45) is -2.90. The van der Waals surface area contributed by atoms with E-state index in [1.807, 2.05) is 57.2 Å². The average Bonchev–Trinajstić information content (AvgIpc) is 2.69. The van der Waals surface area contributed by atoms with Gasteiger partial charge >= 0.3 is 6.18 Å². The molecule has 0 spiro atoms. The smallest absolute Gasteiger partial charge is 0.339 e. The Morgan fingerprint density at radius 1 is 1.00 bits per heavy atom. The molecule has 3 aromatic rings. The summed E-state index contributed by atoms with van der Waals surface area (Å²) in [5.41, 5.74) is 2.40. The van der Waals surface area contributed by atoms with Gasteiger partial charge in [0.25, 0.3) is 0 Å². The molecular weight excluding hydrogens is 377 g/mol. The molecule has 1 aromatic heterocycles. The van der Waals surface area contributed by atoms with Gasteiger partial charge in [-0.2, -0.15) is 18.2 Å². The third kappa shape index (κ3) is 5.04. The molecule has 0 saturated heterocycles. The van der Waals surface area contributed by atoms with Crippen molar-refractivity contribution in [1.29, 1.82) is 0 Å². The second-order valence-corrected chi connectivity index (χ2v) is 6.97. The van der Waals surface area contributed by atoms with Crippen molar-refractivity contribution in [1.82, 2.24) is 9.97 Å². The normalized spacial score (nSPS) is 12.5. The number of hydrogen-bond donors (Lipinski definition) is 2. The number of nitrogens with one attached hydrogen (secondary N) is 2. The van der Waals surface area contributed by atoms with Gasteiger partial charge < -0.3 is 10.6 Å². The summed E-state index contributed by atoms with van der Waals surface area (Å²) in [7, 11) is 0. The number of alkyl halides is 3. The summed E-state index contributed by atoms with van der Waals surface area (Å²) in [5, 5.41) is 5.84. The largest absolute Gasteiger partial charge is 0.421 e. The summed E-state index contributed by atoms with van der Waals surface area (Å²) in [6.45, 7) is 6.03. The van der Waals surface area contributed by atoms with E-state index in [1.165, 1.54) is 0 Å². The Labute approximate surface area is 168 Å². The minimum Gasteiger partial charge on any atom is -0.339 e. The molecule has 0 aliphatic carbocycles. The van der Waals surface area contributed by atoms with Crippen molar-refractivity contribution in [2.45, 2.75) is 39.3 Å². The van der Waals surface area contributed by atoms with E-state index in [0.29, 0.717) is 11.4 Å². The van der Waals surface area contributed by atoms with Gasteiger partial charge in [0.2, 0.25) is 5.95 Å². The molecule has 0 saturated carbocycles. The number of benzene rings is 2. The van der Waals surface area contributed by atoms with Crippen LogP contribution in [0.25, 0.3) is 0 Å². The van der Waals surface area contributed by atoms with Crippen LogP contribution in [-0.2, 0) is 6.18 Å². The Bertz CT molecular complexity index is 969. The molecule has 2 aromatic carbocycles. The standard InChI is InChI=1S/C22H23F3N4/c1-4-15(3)17-7-5-6-8-19(17)28-20-18(22(23,24)25)13-26-21(29-20)27-16-11-9-14(2)10-12-16/h5-13,15H,4H2,1-3H3,(H2,26,27,28,29). The van der Waals surface area contributed by atoms with Gasteiger partial charge in [-0.3, -0.25) is 0 Å². The Morgan fingerprint density at radius 2 is 1.69 bits per heavy atom. The number of aromatic nitrogens is 2. The SMILES string of the molecule is CCC(C)c1ccccc1Nc1nc(Nc2ccc(C)cc2)ncc1C(F)(F)F. The third-order valence-corrected chi connectivity index (χ3v) is 4.76. The monoisotopic (exact) mass is 400 g/mol. The van der Waals surface area contributed by atoms with Crippen molar-refractivity contribution < 1.29 is 13.2 Å². The predicted octanol–water partition coefficient (Wildman–Crippen LogP) is 6.80. The van der Waals surface area contributed by atoms with Gasteiger partial charge in [-0.15, -0.1) is 0 Å². The summed E-state index contributed by atoms with van der Waals surface area (Å²) in [6, 6.07) is 14.8. The molecule has 0 amide bonds. The van der Waals surface area contributed by atoms with Crippen molar-refractivity contribution >= 4 is 23.1 Å². The van der Waals surface area contributed by atoms with Crippen LogP contribution >= 0.6 is 0 Å². The molecule has 0 aliphatic rings. The van der Waals surface area contributed by atoms with Crippen molar-refractivity contribution in [3.8, 4) is 0 Å². The zero-order chi connectivity index (χ0) is 21.0. The lowest BCUT2D eigenvalue weighted by Crippen LogP contribution is -2.13. The van der Waals surface area contributed by atoms with Crippen LogP contribution in [0.3, 0.4) is 0 Å². The highest BCUT2D eigenvalue weighted by Crippen LogP contribution is 2.37. The van der Waals surface area contributed by atoms with Crippen LogP contribution < -0.4 is 10.6 Å². The van der Waals surface area contributed by atoms with Crippen LogP contribution in [0.2, 0.25) is 0 Å². The van der Waals surface area contributed by atoms with E-state index in [1.54, 1.807) is 12.1 Å². The van der Waals surface area contributed by atoms with E-state index in [0.717, 1.165) is 23.7 Å². The van der Waals surface area contributed by atoms with Crippen LogP contribution in [0.1, 0.15) is 42.9 Å². The quantitative estimate of drug-likeness (QED) is 0.477. The summed E-state index contributed by atoms with van der Waals surface area (Å²) < 4.78 is 40.6. The molecular formula is C22H23F3N4. The zero-order valence-electron chi connectivity index (χ0n) is 16.5. The second kappa shape index (κ2) is 8.51. The highest BCUT2D eigenvalue weighted by molar-refractivity contribution is 5.66. The van der Waals surface area contributed by atoms with Crippen molar-refractivity contribution in [3.63, 3.8) is 0 Å². The lowest BCUT2D eigenvalue weighted by molar-refractivity contribution is -0.137. The van der Waals surface area contributed by atoms with Crippen LogP contribution in [0.4, 0.5) is 36.3 Å². The molecule has 1 unspecified atom stereocenters. The fraction of sp³-hybridized carbons (Fsp3) is 0.273. The van der Waals surface area contributed by atoms with Crippen LogP contribution in [0, 0.1) is 6.92 Å². The maximum atomic E-state index is 13.5. The summed E-state index contributed by atoms with van der Waals surface area (Å²) in [5.74, 6) is 0.00302. The average molecular weight is 400 g/mol. The topological polar surface area (TPSA) is 49.8 Å². The van der Waals surface area contributed by atoms with Crippen molar-refractivity contribution in [3.05, 3.63) is 71.4 Å². The van der Waals surface area contributed by atoms with Crippen LogP contribution in [0.15, 0.2) is 54.7 Å². The number of hydrogen-bond acceptors (Lipinski definition) is 4. The van der Waals surface area contributed by atoms with E-state index in [9.17, 15) is 13.2 Å². The Kier molecular flexibility index (Phi) is 6.06. The first-order valence-corrected chi connectivity index (χ1v) is 9.41. The fourth-order valence-corrected chi connectivity index (χ4v) is 2.90. The number of aryl methyl sites for hydroxylation is 1. The van der Waals surface area contributed by atoms with E-state index >= 15 is 0 Å². The van der Waals surface area contributed by atoms with Crippen LogP contribution in [0.5, 0.6) is 0 Å². The number of halogens is 3. The molecule has 0 fully saturated rings. The molecule has 0 bridgehead atoms. The van der Waals surface area contributed by atoms with E-state index in [-0.39, 0.29) is 17.7 Å². The molecule has 0 radical (unpaired) electrons. The van der Waals surface area contributed by atoms with E-state index < -0.39 is 11.7 Å². The van der Waals surface area contributed by atoms with Gasteiger partial charge in [0, 0.05) is 17.6 Å². The maximum absolute atomic E-state index is 13.5. The molecule has 7 heteroatoms. The minimum absolute atomic E-state index is 0.0883. The summed E-state index contributed by atoms with van der Waals surface area (Å²) >= 11 is 0. The summed E-state index contributed by atoms with van der Waals surface area (Å²) in [4.78, 5) is 7.98. The number of nitrogens with zero attached hydrogens (tertiary/aromatic N) is 2. The van der Waals surface area contributed by atoms with Crippen molar-refractivity contribution in [2.24, 2.45) is 0 Å². The van der Waals surface area contributed by atoms with Gasteiger partial charge in [-0.25, -0.2) is 4.98 Å². The first kappa shape index (κ1) is 20.6. The highest BCUT2D eigenvalue weighted by atomic mass is 19.4.